The van der Waals surface area contributed by atoms with E-state index in [1.54, 1.807) is 0 Å². The van der Waals surface area contributed by atoms with Crippen LogP contribution >= 0.6 is 11.6 Å². The first-order valence-corrected chi connectivity index (χ1v) is 5.92. The zero-order chi connectivity index (χ0) is 13.1. The number of rotatable bonds is 1. The van der Waals surface area contributed by atoms with Crippen molar-refractivity contribution in [2.75, 3.05) is 25.4 Å². The number of aromatic nitrogens is 1. The van der Waals surface area contributed by atoms with E-state index in [1.165, 1.54) is 17.2 Å². The average Bonchev–Trinajstić information content (AvgIpc) is 2.56. The van der Waals surface area contributed by atoms with Crippen LogP contribution in [-0.4, -0.2) is 41.3 Å². The summed E-state index contributed by atoms with van der Waals surface area (Å²) in [5, 5.41) is 2.94. The molecule has 0 aromatic carbocycles. The molecule has 0 spiro atoms. The van der Waals surface area contributed by atoms with Crippen LogP contribution in [0.4, 0.5) is 5.82 Å². The Balaban J connectivity index is 2.19. The van der Waals surface area contributed by atoms with Gasteiger partial charge in [0.15, 0.2) is 0 Å². The van der Waals surface area contributed by atoms with E-state index in [9.17, 15) is 9.59 Å². The summed E-state index contributed by atoms with van der Waals surface area (Å²) in [6, 6.07) is 1.47. The highest BCUT2D eigenvalue weighted by Crippen LogP contribution is 2.18. The number of halogens is 1. The average molecular weight is 269 g/mol. The Labute approximate surface area is 109 Å². The molecular formula is C11H13ClN4O2. The second kappa shape index (κ2) is 5.22. The third-order valence-corrected chi connectivity index (χ3v) is 2.97. The Bertz CT molecular complexity index is 492. The van der Waals surface area contributed by atoms with Gasteiger partial charge in [0.05, 0.1) is 17.1 Å². The van der Waals surface area contributed by atoms with Crippen LogP contribution in [0.25, 0.3) is 0 Å². The Morgan fingerprint density at radius 2 is 2.33 bits per heavy atom. The highest BCUT2D eigenvalue weighted by Gasteiger charge is 2.21. The van der Waals surface area contributed by atoms with Crippen molar-refractivity contribution < 1.29 is 9.59 Å². The van der Waals surface area contributed by atoms with E-state index >= 15 is 0 Å². The van der Waals surface area contributed by atoms with Gasteiger partial charge in [-0.15, -0.1) is 0 Å². The number of nitrogens with one attached hydrogen (secondary N) is 1. The lowest BCUT2D eigenvalue weighted by molar-refractivity contribution is -0.121. The van der Waals surface area contributed by atoms with Crippen LogP contribution in [0.2, 0.25) is 5.02 Å². The summed E-state index contributed by atoms with van der Waals surface area (Å²) in [6.07, 6.45) is 2.10. The maximum absolute atomic E-state index is 12.2. The third kappa shape index (κ3) is 2.70. The predicted molar refractivity (Wildman–Crippen MR) is 67.2 cm³/mol. The van der Waals surface area contributed by atoms with Gasteiger partial charge in [-0.2, -0.15) is 0 Å². The van der Waals surface area contributed by atoms with E-state index in [2.05, 4.69) is 10.3 Å². The lowest BCUT2D eigenvalue weighted by atomic mass is 10.2. The van der Waals surface area contributed by atoms with Gasteiger partial charge < -0.3 is 16.0 Å². The van der Waals surface area contributed by atoms with Crippen molar-refractivity contribution in [2.45, 2.75) is 6.42 Å². The molecule has 96 valence electrons. The Morgan fingerprint density at radius 3 is 3.06 bits per heavy atom. The fourth-order valence-electron chi connectivity index (χ4n) is 1.73. The van der Waals surface area contributed by atoms with Crippen LogP contribution in [0.5, 0.6) is 0 Å². The van der Waals surface area contributed by atoms with Gasteiger partial charge in [0, 0.05) is 19.3 Å². The first-order valence-electron chi connectivity index (χ1n) is 5.55. The molecule has 6 nitrogen and oxygen atoms in total. The minimum absolute atomic E-state index is 0.0564. The molecular weight excluding hydrogens is 256 g/mol. The van der Waals surface area contributed by atoms with Crippen molar-refractivity contribution in [3.8, 4) is 0 Å². The minimum atomic E-state index is -0.263. The van der Waals surface area contributed by atoms with Crippen molar-refractivity contribution in [3.63, 3.8) is 0 Å². The number of pyridine rings is 1. The number of nitrogens with two attached hydrogens (primary N) is 1. The molecule has 2 rings (SSSR count). The summed E-state index contributed by atoms with van der Waals surface area (Å²) in [7, 11) is 0. The van der Waals surface area contributed by atoms with Crippen LogP contribution in [0.1, 0.15) is 16.8 Å². The monoisotopic (exact) mass is 268 g/mol. The van der Waals surface area contributed by atoms with Gasteiger partial charge in [0.25, 0.3) is 5.91 Å². The van der Waals surface area contributed by atoms with Gasteiger partial charge in [-0.25, -0.2) is 4.98 Å². The van der Waals surface area contributed by atoms with Crippen molar-refractivity contribution in [2.24, 2.45) is 0 Å². The normalized spacial score (nSPS) is 16.1. The predicted octanol–water partition coefficient (Wildman–Crippen LogP) is 0.279. The summed E-state index contributed by atoms with van der Waals surface area (Å²) in [5.41, 5.74) is 5.82. The zero-order valence-corrected chi connectivity index (χ0v) is 10.4. The molecule has 1 fully saturated rings. The molecule has 1 aliphatic rings. The van der Waals surface area contributed by atoms with Crippen LogP contribution in [0.15, 0.2) is 12.3 Å². The van der Waals surface area contributed by atoms with Gasteiger partial charge in [-0.1, -0.05) is 11.6 Å². The number of hydrogen-bond acceptors (Lipinski definition) is 4. The van der Waals surface area contributed by atoms with Crippen molar-refractivity contribution in [1.82, 2.24) is 15.2 Å². The Hall–Kier alpha value is -1.82. The van der Waals surface area contributed by atoms with Gasteiger partial charge in [-0.3, -0.25) is 9.59 Å². The molecule has 0 unspecified atom stereocenters. The van der Waals surface area contributed by atoms with Crippen LogP contribution < -0.4 is 11.1 Å². The maximum Gasteiger partial charge on any atom is 0.255 e. The van der Waals surface area contributed by atoms with Crippen LogP contribution in [0, 0.1) is 0 Å². The minimum Gasteiger partial charge on any atom is -0.382 e. The number of nitrogen functional groups attached to an aromatic ring is 1. The standard InChI is InChI=1S/C11H13ClN4O2/c12-8-4-7(5-15-10(8)13)11(18)16-3-1-2-14-9(17)6-16/h4-5H,1-3,6H2,(H2,13,15)(H,14,17). The topological polar surface area (TPSA) is 88.3 Å². The largest absolute Gasteiger partial charge is 0.382 e. The van der Waals surface area contributed by atoms with Crippen molar-refractivity contribution in [3.05, 3.63) is 22.8 Å². The lowest BCUT2D eigenvalue weighted by Gasteiger charge is -2.18. The molecule has 1 aromatic rings. The number of hydrogen-bond donors (Lipinski definition) is 2. The smallest absolute Gasteiger partial charge is 0.255 e. The van der Waals surface area contributed by atoms with Gasteiger partial charge in [0.2, 0.25) is 5.91 Å². The van der Waals surface area contributed by atoms with E-state index in [0.717, 1.165) is 6.42 Å². The maximum atomic E-state index is 12.2. The fourth-order valence-corrected chi connectivity index (χ4v) is 1.89. The summed E-state index contributed by atoms with van der Waals surface area (Å²) in [4.78, 5) is 28.9. The highest BCUT2D eigenvalue weighted by atomic mass is 35.5. The molecule has 0 bridgehead atoms. The summed E-state index contributed by atoms with van der Waals surface area (Å²) in [6.45, 7) is 1.17. The molecule has 3 N–H and O–H groups in total. The zero-order valence-electron chi connectivity index (χ0n) is 9.65. The van der Waals surface area contributed by atoms with E-state index in [4.69, 9.17) is 17.3 Å². The van der Waals surface area contributed by atoms with Crippen molar-refractivity contribution >= 4 is 29.2 Å². The highest BCUT2D eigenvalue weighted by molar-refractivity contribution is 6.33. The van der Waals surface area contributed by atoms with Gasteiger partial charge >= 0.3 is 0 Å². The number of carbonyl (C=O) groups is 2. The van der Waals surface area contributed by atoms with E-state index < -0.39 is 0 Å². The number of carbonyl (C=O) groups excluding carboxylic acids is 2. The third-order valence-electron chi connectivity index (χ3n) is 2.67. The van der Waals surface area contributed by atoms with Gasteiger partial charge in [0.1, 0.15) is 5.82 Å². The van der Waals surface area contributed by atoms with Crippen LogP contribution in [0.3, 0.4) is 0 Å². The quantitative estimate of drug-likeness (QED) is 0.766. The SMILES string of the molecule is Nc1ncc(C(=O)N2CCCNC(=O)C2)cc1Cl. The molecule has 1 aromatic heterocycles. The number of amides is 2. The van der Waals surface area contributed by atoms with Gasteiger partial charge in [-0.05, 0) is 12.5 Å². The molecule has 1 aliphatic heterocycles. The van der Waals surface area contributed by atoms with Crippen molar-refractivity contribution in [1.29, 1.82) is 0 Å². The molecule has 1 saturated heterocycles. The fraction of sp³-hybridized carbons (Fsp3) is 0.364. The molecule has 0 atom stereocenters. The number of anilines is 1. The summed E-state index contributed by atoms with van der Waals surface area (Å²) >= 11 is 5.82. The summed E-state index contributed by atoms with van der Waals surface area (Å²) < 4.78 is 0. The molecule has 18 heavy (non-hydrogen) atoms. The molecule has 7 heteroatoms. The molecule has 2 amide bonds. The Kier molecular flexibility index (Phi) is 3.66. The second-order valence-corrected chi connectivity index (χ2v) is 4.43. The molecule has 0 saturated carbocycles. The number of nitrogens with zero attached hydrogens (tertiary/aromatic N) is 2. The first-order chi connectivity index (χ1) is 8.58. The first kappa shape index (κ1) is 12.6. The van der Waals surface area contributed by atoms with E-state index in [-0.39, 0.29) is 29.2 Å². The van der Waals surface area contributed by atoms with Crippen LogP contribution in [-0.2, 0) is 4.79 Å². The Morgan fingerprint density at radius 1 is 1.56 bits per heavy atom. The summed E-state index contributed by atoms with van der Waals surface area (Å²) in [5.74, 6) is -0.237. The van der Waals surface area contributed by atoms with E-state index in [0.29, 0.717) is 18.7 Å². The van der Waals surface area contributed by atoms with E-state index in [1.807, 2.05) is 0 Å². The molecule has 2 heterocycles. The second-order valence-electron chi connectivity index (χ2n) is 4.02. The molecule has 0 aliphatic carbocycles. The lowest BCUT2D eigenvalue weighted by Crippen LogP contribution is -2.37. The molecule has 0 radical (unpaired) electrons.